The molecular weight excluding hydrogens is 272 g/mol. The van der Waals surface area contributed by atoms with Crippen LogP contribution in [-0.2, 0) is 0 Å². The molecule has 0 bridgehead atoms. The predicted octanol–water partition coefficient (Wildman–Crippen LogP) is 3.67. The van der Waals surface area contributed by atoms with Crippen molar-refractivity contribution >= 4 is 11.6 Å². The number of hydrogen-bond donors (Lipinski definition) is 1. The predicted molar refractivity (Wildman–Crippen MR) is 70.4 cm³/mol. The lowest BCUT2D eigenvalue weighted by Gasteiger charge is -2.15. The Morgan fingerprint density at radius 2 is 1.84 bits per heavy atom. The Labute approximate surface area is 114 Å². The second kappa shape index (κ2) is 5.55. The Kier molecular flexibility index (Phi) is 4.02. The lowest BCUT2D eigenvalue weighted by Crippen LogP contribution is -2.14. The first-order valence-electron chi connectivity index (χ1n) is 5.57. The zero-order chi connectivity index (χ0) is 14.0. The van der Waals surface area contributed by atoms with Gasteiger partial charge in [0.05, 0.1) is 18.2 Å². The van der Waals surface area contributed by atoms with Crippen LogP contribution in [0.25, 0.3) is 0 Å². The topological polar surface area (TPSA) is 35.2 Å². The Morgan fingerprint density at radius 1 is 1.11 bits per heavy atom. The van der Waals surface area contributed by atoms with Gasteiger partial charge in [0, 0.05) is 11.6 Å². The highest BCUT2D eigenvalue weighted by atomic mass is 35.5. The van der Waals surface area contributed by atoms with Crippen molar-refractivity contribution in [3.05, 3.63) is 64.2 Å². The molecule has 2 nitrogen and oxygen atoms in total. The second-order valence-corrected chi connectivity index (χ2v) is 4.39. The minimum atomic E-state index is -0.839. The van der Waals surface area contributed by atoms with Crippen LogP contribution in [0.15, 0.2) is 36.4 Å². The van der Waals surface area contributed by atoms with E-state index >= 15 is 0 Å². The van der Waals surface area contributed by atoms with Crippen LogP contribution in [0, 0.1) is 11.6 Å². The molecule has 0 aliphatic heterocycles. The van der Waals surface area contributed by atoms with Gasteiger partial charge in [-0.05, 0) is 17.7 Å². The van der Waals surface area contributed by atoms with Gasteiger partial charge in [0.1, 0.15) is 17.4 Å². The number of ether oxygens (including phenoxy) is 1. The Hall–Kier alpha value is -1.65. The van der Waals surface area contributed by atoms with E-state index in [0.29, 0.717) is 11.3 Å². The molecule has 100 valence electrons. The molecule has 0 aliphatic rings. The van der Waals surface area contributed by atoms with Gasteiger partial charge < -0.3 is 10.5 Å². The molecule has 0 amide bonds. The smallest absolute Gasteiger partial charge is 0.142 e. The van der Waals surface area contributed by atoms with Gasteiger partial charge >= 0.3 is 0 Å². The van der Waals surface area contributed by atoms with E-state index in [2.05, 4.69) is 0 Å². The monoisotopic (exact) mass is 283 g/mol. The van der Waals surface area contributed by atoms with Crippen LogP contribution < -0.4 is 10.5 Å². The lowest BCUT2D eigenvalue weighted by atomic mass is 9.99. The summed E-state index contributed by atoms with van der Waals surface area (Å²) in [6, 6.07) is 7.75. The summed E-state index contributed by atoms with van der Waals surface area (Å²) in [5.41, 5.74) is 6.52. The molecule has 2 aromatic carbocycles. The Morgan fingerprint density at radius 3 is 2.47 bits per heavy atom. The summed E-state index contributed by atoms with van der Waals surface area (Å²) < 4.78 is 32.2. The molecule has 1 atom stereocenters. The summed E-state index contributed by atoms with van der Waals surface area (Å²) in [6.07, 6.45) is 0. The van der Waals surface area contributed by atoms with Crippen LogP contribution in [0.1, 0.15) is 17.2 Å². The summed E-state index contributed by atoms with van der Waals surface area (Å²) in [6.45, 7) is 0. The van der Waals surface area contributed by atoms with Crippen molar-refractivity contribution in [1.29, 1.82) is 0 Å². The summed E-state index contributed by atoms with van der Waals surface area (Å²) in [5, 5.41) is -0.0924. The molecule has 0 saturated carbocycles. The van der Waals surface area contributed by atoms with Gasteiger partial charge in [0.25, 0.3) is 0 Å². The molecule has 2 rings (SSSR count). The highest BCUT2D eigenvalue weighted by molar-refractivity contribution is 6.31. The number of halogens is 3. The second-order valence-electron chi connectivity index (χ2n) is 4.01. The largest absolute Gasteiger partial charge is 0.497 e. The van der Waals surface area contributed by atoms with E-state index in [0.717, 1.165) is 0 Å². The molecule has 0 aromatic heterocycles. The molecule has 0 heterocycles. The zero-order valence-electron chi connectivity index (χ0n) is 10.2. The van der Waals surface area contributed by atoms with Crippen LogP contribution in [0.5, 0.6) is 5.75 Å². The van der Waals surface area contributed by atoms with E-state index in [1.807, 2.05) is 0 Å². The number of nitrogens with two attached hydrogens (primary N) is 1. The van der Waals surface area contributed by atoms with E-state index < -0.39 is 17.7 Å². The third-order valence-electron chi connectivity index (χ3n) is 2.86. The normalized spacial score (nSPS) is 12.3. The molecule has 2 N–H and O–H groups in total. The van der Waals surface area contributed by atoms with Gasteiger partial charge in [0.15, 0.2) is 0 Å². The minimum Gasteiger partial charge on any atom is -0.497 e. The first-order valence-corrected chi connectivity index (χ1v) is 5.95. The van der Waals surface area contributed by atoms with E-state index in [-0.39, 0.29) is 10.6 Å². The van der Waals surface area contributed by atoms with Gasteiger partial charge in [-0.2, -0.15) is 0 Å². The maximum atomic E-state index is 13.9. The first kappa shape index (κ1) is 13.8. The number of benzene rings is 2. The van der Waals surface area contributed by atoms with Crippen molar-refractivity contribution in [1.82, 2.24) is 0 Å². The van der Waals surface area contributed by atoms with Crippen molar-refractivity contribution in [3.8, 4) is 5.75 Å². The summed E-state index contributed by atoms with van der Waals surface area (Å²) in [7, 11) is 1.44. The maximum Gasteiger partial charge on any atom is 0.142 e. The van der Waals surface area contributed by atoms with Crippen molar-refractivity contribution in [2.24, 2.45) is 5.73 Å². The van der Waals surface area contributed by atoms with E-state index in [1.54, 1.807) is 12.1 Å². The fourth-order valence-electron chi connectivity index (χ4n) is 1.82. The van der Waals surface area contributed by atoms with Crippen molar-refractivity contribution in [3.63, 3.8) is 0 Å². The number of methoxy groups -OCH3 is 1. The van der Waals surface area contributed by atoms with Crippen LogP contribution >= 0.6 is 11.6 Å². The maximum absolute atomic E-state index is 13.9. The third-order valence-corrected chi connectivity index (χ3v) is 3.26. The fourth-order valence-corrected chi connectivity index (χ4v) is 2.06. The Balaban J connectivity index is 2.44. The quantitative estimate of drug-likeness (QED) is 0.933. The van der Waals surface area contributed by atoms with Gasteiger partial charge in [-0.1, -0.05) is 29.8 Å². The average molecular weight is 284 g/mol. The highest BCUT2D eigenvalue weighted by Crippen LogP contribution is 2.30. The van der Waals surface area contributed by atoms with E-state index in [4.69, 9.17) is 22.1 Å². The standard InChI is InChI=1S/C14H12ClF2NO/c1-19-8-5-6-9(12(17)7-8)14(18)10-3-2-4-11(16)13(10)15/h2-7,14H,18H2,1H3. The van der Waals surface area contributed by atoms with Crippen LogP contribution in [0.3, 0.4) is 0 Å². The van der Waals surface area contributed by atoms with E-state index in [9.17, 15) is 8.78 Å². The van der Waals surface area contributed by atoms with Gasteiger partial charge in [-0.25, -0.2) is 8.78 Å². The van der Waals surface area contributed by atoms with Crippen LogP contribution in [0.2, 0.25) is 5.02 Å². The first-order chi connectivity index (χ1) is 9.04. The molecular formula is C14H12ClF2NO. The van der Waals surface area contributed by atoms with Gasteiger partial charge in [-0.15, -0.1) is 0 Å². The summed E-state index contributed by atoms with van der Waals surface area (Å²) in [4.78, 5) is 0. The molecule has 0 saturated heterocycles. The average Bonchev–Trinajstić information content (AvgIpc) is 2.41. The molecule has 0 radical (unpaired) electrons. The SMILES string of the molecule is COc1ccc(C(N)c2cccc(F)c2Cl)c(F)c1. The van der Waals surface area contributed by atoms with Gasteiger partial charge in [-0.3, -0.25) is 0 Å². The molecule has 5 heteroatoms. The molecule has 0 aliphatic carbocycles. The van der Waals surface area contributed by atoms with Gasteiger partial charge in [0.2, 0.25) is 0 Å². The van der Waals surface area contributed by atoms with E-state index in [1.165, 1.54) is 31.4 Å². The number of rotatable bonds is 3. The van der Waals surface area contributed by atoms with Crippen LogP contribution in [-0.4, -0.2) is 7.11 Å². The molecule has 1 unspecified atom stereocenters. The Bertz CT molecular complexity index is 604. The summed E-state index contributed by atoms with van der Waals surface area (Å²) in [5.74, 6) is -0.713. The van der Waals surface area contributed by atoms with Crippen molar-refractivity contribution in [2.45, 2.75) is 6.04 Å². The molecule has 0 spiro atoms. The zero-order valence-corrected chi connectivity index (χ0v) is 10.9. The highest BCUT2D eigenvalue weighted by Gasteiger charge is 2.18. The molecule has 2 aromatic rings. The van der Waals surface area contributed by atoms with Crippen molar-refractivity contribution < 1.29 is 13.5 Å². The number of hydrogen-bond acceptors (Lipinski definition) is 2. The molecule has 0 fully saturated rings. The fraction of sp³-hybridized carbons (Fsp3) is 0.143. The van der Waals surface area contributed by atoms with Crippen molar-refractivity contribution in [2.75, 3.05) is 7.11 Å². The summed E-state index contributed by atoms with van der Waals surface area (Å²) >= 11 is 5.85. The van der Waals surface area contributed by atoms with Crippen LogP contribution in [0.4, 0.5) is 8.78 Å². The lowest BCUT2D eigenvalue weighted by molar-refractivity contribution is 0.410. The molecule has 19 heavy (non-hydrogen) atoms. The third kappa shape index (κ3) is 2.69. The minimum absolute atomic E-state index is 0.0924.